The van der Waals surface area contributed by atoms with Crippen molar-refractivity contribution in [1.29, 1.82) is 0 Å². The Morgan fingerprint density at radius 1 is 0.855 bits per heavy atom. The number of fused-ring (bicyclic) bond motifs is 3. The summed E-state index contributed by atoms with van der Waals surface area (Å²) in [5.74, 6) is 0.347. The molecule has 6 N–H and O–H groups in total. The summed E-state index contributed by atoms with van der Waals surface area (Å²) in [4.78, 5) is 79.4. The molecule has 1 aliphatic carbocycles. The van der Waals surface area contributed by atoms with Crippen LogP contribution in [0.2, 0.25) is 0 Å². The number of carbonyl (C=O) groups excluding carboxylic acids is 1. The lowest BCUT2D eigenvalue weighted by Gasteiger charge is -2.32. The van der Waals surface area contributed by atoms with Gasteiger partial charge in [0.05, 0.1) is 30.8 Å². The predicted octanol–water partition coefficient (Wildman–Crippen LogP) is 7.15. The molecule has 396 valence electrons. The van der Waals surface area contributed by atoms with Crippen molar-refractivity contribution in [3.05, 3.63) is 155 Å². The number of aromatic amines is 1. The Kier molecular flexibility index (Phi) is 15.1. The highest BCUT2D eigenvalue weighted by Gasteiger charge is 2.43. The molecule has 3 unspecified atom stereocenters. The zero-order valence-corrected chi connectivity index (χ0v) is 43.6. The number of aliphatic hydroxyl groups is 1. The summed E-state index contributed by atoms with van der Waals surface area (Å²) in [6.07, 6.45) is -1.57. The first kappa shape index (κ1) is 53.1. The van der Waals surface area contributed by atoms with Gasteiger partial charge in [-0.15, -0.1) is 0 Å². The van der Waals surface area contributed by atoms with E-state index in [2.05, 4.69) is 121 Å². The van der Waals surface area contributed by atoms with E-state index < -0.39 is 54.2 Å². The number of anilines is 2. The Morgan fingerprint density at radius 2 is 1.57 bits per heavy atom. The minimum absolute atomic E-state index is 0.0401. The maximum absolute atomic E-state index is 14.0. The number of hydrogen-bond acceptors (Lipinski definition) is 15. The summed E-state index contributed by atoms with van der Waals surface area (Å²) in [5.41, 5.74) is 7.75. The summed E-state index contributed by atoms with van der Waals surface area (Å²) in [6, 6.07) is 41.4. The number of nitrogens with one attached hydrogen (secondary N) is 1. The quantitative estimate of drug-likeness (QED) is 0.0299. The van der Waals surface area contributed by atoms with Gasteiger partial charge in [0.15, 0.2) is 5.65 Å². The lowest BCUT2D eigenvalue weighted by molar-refractivity contribution is -0.123. The Labute approximate surface area is 433 Å². The molecule has 2 saturated heterocycles. The molecule has 0 radical (unpaired) electrons. The molecule has 22 nitrogen and oxygen atoms in total. The number of imidazole rings is 1. The van der Waals surface area contributed by atoms with Crippen LogP contribution in [0.25, 0.3) is 44.6 Å². The van der Waals surface area contributed by atoms with Crippen molar-refractivity contribution in [1.82, 2.24) is 29.0 Å². The van der Waals surface area contributed by atoms with E-state index in [1.165, 1.54) is 10.9 Å². The average molecular weight is 1100 g/mol. The molecule has 0 saturated carbocycles. The van der Waals surface area contributed by atoms with Gasteiger partial charge in [0, 0.05) is 84.5 Å². The van der Waals surface area contributed by atoms with E-state index in [0.717, 1.165) is 61.4 Å². The minimum Gasteiger partial charge on any atom is -0.456 e. The van der Waals surface area contributed by atoms with E-state index in [1.807, 2.05) is 56.6 Å². The fraction of sp³-hybridized carbons (Fsp3) is 0.275. The largest absolute Gasteiger partial charge is 0.490 e. The SMILES string of the molecule is CN(c1ccccc1)c1ccc2c(-c3ccccc3CN3CCC(C(=O)Cc4[nH]c(=O)nc5c4ncn5[C@H]4CC(O)[C@@H](COP(=O)(O)OP(=O)(O)OP(=O)(O)O)O4)CC3)c3ccc(=[N+](C)c4ccccc4)cc-3oc2c1. The third-order valence-corrected chi connectivity index (χ3v) is 17.5. The minimum atomic E-state index is -5.77. The number of carbonyl (C=O) groups is 1. The molecule has 76 heavy (non-hydrogen) atoms. The molecule has 4 aliphatic rings. The van der Waals surface area contributed by atoms with Crippen LogP contribution in [0.4, 0.5) is 17.1 Å². The van der Waals surface area contributed by atoms with Gasteiger partial charge in [0.25, 0.3) is 0 Å². The number of aliphatic hydroxyl groups excluding tert-OH is 1. The number of aromatic nitrogens is 4. The number of H-pyrrole nitrogens is 1. The van der Waals surface area contributed by atoms with Crippen LogP contribution in [0.15, 0.2) is 137 Å². The first-order valence-electron chi connectivity index (χ1n) is 24.1. The Morgan fingerprint density at radius 3 is 2.30 bits per heavy atom. The smallest absolute Gasteiger partial charge is 0.456 e. The Bertz CT molecular complexity index is 3710. The van der Waals surface area contributed by atoms with Crippen LogP contribution in [0.5, 0.6) is 0 Å². The normalized spacial score (nSPS) is 19.7. The van der Waals surface area contributed by atoms with Crippen molar-refractivity contribution >= 4 is 68.4 Å². The van der Waals surface area contributed by atoms with Gasteiger partial charge < -0.3 is 43.7 Å². The number of likely N-dealkylation sites (tertiary alicyclic amines) is 1. The van der Waals surface area contributed by atoms with Crippen molar-refractivity contribution in [3.8, 4) is 22.5 Å². The number of ether oxygens (including phenoxy) is 1. The molecule has 0 bridgehead atoms. The van der Waals surface area contributed by atoms with Crippen LogP contribution < -0.4 is 20.5 Å². The zero-order chi connectivity index (χ0) is 53.5. The molecule has 25 heteroatoms. The number of hydrogen-bond donors (Lipinski definition) is 6. The average Bonchev–Trinajstić information content (AvgIpc) is 4.00. The van der Waals surface area contributed by atoms with E-state index in [9.17, 15) is 38.2 Å². The molecule has 2 fully saturated rings. The number of rotatable bonds is 17. The molecular weight excluding hydrogens is 1040 g/mol. The van der Waals surface area contributed by atoms with Crippen molar-refractivity contribution in [2.75, 3.05) is 38.7 Å². The lowest BCUT2D eigenvalue weighted by atomic mass is 9.88. The Balaban J connectivity index is 0.843. The van der Waals surface area contributed by atoms with E-state index in [4.69, 9.17) is 18.9 Å². The van der Waals surface area contributed by atoms with E-state index in [-0.39, 0.29) is 41.4 Å². The summed E-state index contributed by atoms with van der Waals surface area (Å²) in [6.45, 7) is 1.02. The van der Waals surface area contributed by atoms with Crippen molar-refractivity contribution in [2.24, 2.45) is 5.92 Å². The topological polar surface area (TPSA) is 293 Å². The van der Waals surface area contributed by atoms with Gasteiger partial charge in [-0.2, -0.15) is 18.2 Å². The maximum atomic E-state index is 14.0. The number of benzene rings is 5. The van der Waals surface area contributed by atoms with Crippen LogP contribution in [-0.2, 0) is 49.3 Å². The fourth-order valence-corrected chi connectivity index (χ4v) is 12.9. The van der Waals surface area contributed by atoms with Gasteiger partial charge in [-0.25, -0.2) is 23.5 Å². The summed E-state index contributed by atoms with van der Waals surface area (Å²) >= 11 is 0. The highest BCUT2D eigenvalue weighted by Crippen LogP contribution is 2.66. The number of phosphoric ester groups is 1. The van der Waals surface area contributed by atoms with Crippen LogP contribution in [0.3, 0.4) is 0 Å². The lowest BCUT2D eigenvalue weighted by Crippen LogP contribution is -2.36. The van der Waals surface area contributed by atoms with Crippen LogP contribution >= 0.6 is 23.5 Å². The van der Waals surface area contributed by atoms with Crippen molar-refractivity contribution < 1.29 is 65.5 Å². The number of piperidine rings is 1. The molecule has 0 amide bonds. The predicted molar refractivity (Wildman–Crippen MR) is 279 cm³/mol. The third kappa shape index (κ3) is 11.8. The summed E-state index contributed by atoms with van der Waals surface area (Å²) < 4.78 is 63.2. The molecular formula is C51H53N7O15P3+. The number of nitrogens with zero attached hydrogens (tertiary/aromatic N) is 6. The number of ketones is 1. The van der Waals surface area contributed by atoms with Gasteiger partial charge in [-0.1, -0.05) is 60.7 Å². The second kappa shape index (κ2) is 21.6. The second-order valence-corrected chi connectivity index (χ2v) is 23.1. The standard InChI is InChI=1S/C51H52N7O15P3/c1-55(34-12-5-3-6-13-34)36-17-19-39-44(25-36)70-45-26-37(56(2)35-14-7-4-8-15-35)18-20-40(45)48(39)38-16-10-9-11-33(38)29-57-23-21-32(22-24-57)42(59)27-41-49-50(54-51(61)53-41)58(31-52-49)47-28-43(60)46(71-47)30-69-75(65,66)73-76(67,68)72-74(62,63)64/h3-20,25-26,31-32,43,46-47,60H,21-24,27-30H2,1-2H3,(H4-,53,54,61,62,63,64,65,66,67,68)/p+1/t43?,46-,47-/m1/s1. The molecule has 5 atom stereocenters. The zero-order valence-electron chi connectivity index (χ0n) is 40.9. The first-order chi connectivity index (χ1) is 36.3. The highest BCUT2D eigenvalue weighted by molar-refractivity contribution is 7.66. The van der Waals surface area contributed by atoms with Crippen LogP contribution in [0.1, 0.15) is 36.7 Å². The molecule has 4 aromatic carbocycles. The highest BCUT2D eigenvalue weighted by atomic mass is 31.3. The van der Waals surface area contributed by atoms with Crippen LogP contribution in [-0.4, -0.2) is 101 Å². The van der Waals surface area contributed by atoms with E-state index in [0.29, 0.717) is 32.5 Å². The van der Waals surface area contributed by atoms with Gasteiger partial charge in [-0.05, 0) is 67.4 Å². The first-order valence-corrected chi connectivity index (χ1v) is 28.6. The molecule has 3 aliphatic heterocycles. The van der Waals surface area contributed by atoms with Gasteiger partial charge in [0.2, 0.25) is 11.0 Å². The molecule has 2 aromatic heterocycles. The molecule has 10 rings (SSSR count). The summed E-state index contributed by atoms with van der Waals surface area (Å²) in [5, 5.41) is 12.7. The van der Waals surface area contributed by atoms with Crippen molar-refractivity contribution in [3.63, 3.8) is 0 Å². The second-order valence-electron chi connectivity index (χ2n) is 18.6. The van der Waals surface area contributed by atoms with Crippen LogP contribution in [0, 0.1) is 5.92 Å². The molecule has 0 spiro atoms. The van der Waals surface area contributed by atoms with E-state index >= 15 is 0 Å². The van der Waals surface area contributed by atoms with Gasteiger partial charge in [0.1, 0.15) is 42.0 Å². The number of para-hydroxylation sites is 2. The number of Topliss-reactive ketones (excluding diaryl/α,β-unsaturated/α-hetero) is 1. The fourth-order valence-electron chi connectivity index (χ4n) is 9.89. The van der Waals surface area contributed by atoms with E-state index in [1.54, 1.807) is 0 Å². The number of phosphoric acid groups is 3. The monoisotopic (exact) mass is 1100 g/mol. The third-order valence-electron chi connectivity index (χ3n) is 13.7. The molecule has 6 aromatic rings. The van der Waals surface area contributed by atoms with Gasteiger partial charge in [-0.3, -0.25) is 18.8 Å². The van der Waals surface area contributed by atoms with Gasteiger partial charge >= 0.3 is 29.2 Å². The molecule has 5 heterocycles. The summed E-state index contributed by atoms with van der Waals surface area (Å²) in [7, 11) is -12.8. The van der Waals surface area contributed by atoms with Crippen molar-refractivity contribution in [2.45, 2.75) is 50.7 Å². The maximum Gasteiger partial charge on any atom is 0.490 e. The Hall–Kier alpha value is -6.32.